The van der Waals surface area contributed by atoms with E-state index < -0.39 is 0 Å². The molecule has 1 rings (SSSR count). The zero-order valence-corrected chi connectivity index (χ0v) is 10.6. The molecule has 0 aromatic rings. The molecule has 0 aliphatic carbocycles. The molecule has 1 aliphatic heterocycles. The van der Waals surface area contributed by atoms with Crippen LogP contribution in [0.1, 0.15) is 59.3 Å². The molecule has 0 aromatic heterocycles. The maximum Gasteiger partial charge on any atom is 0.0837 e. The van der Waals surface area contributed by atoms with Crippen molar-refractivity contribution < 1.29 is 9.47 Å². The second-order valence-electron chi connectivity index (χ2n) is 5.17. The monoisotopic (exact) mass is 214 g/mol. The molecule has 0 unspecified atom stereocenters. The Balaban J connectivity index is 2.12. The van der Waals surface area contributed by atoms with E-state index in [1.165, 1.54) is 32.1 Å². The summed E-state index contributed by atoms with van der Waals surface area (Å²) in [6.45, 7) is 8.32. The van der Waals surface area contributed by atoms with Crippen LogP contribution >= 0.6 is 0 Å². The van der Waals surface area contributed by atoms with Gasteiger partial charge in [-0.3, -0.25) is 0 Å². The molecule has 2 heteroatoms. The fourth-order valence-corrected chi connectivity index (χ4v) is 2.09. The van der Waals surface area contributed by atoms with Crippen molar-refractivity contribution in [1.29, 1.82) is 0 Å². The van der Waals surface area contributed by atoms with Gasteiger partial charge in [-0.2, -0.15) is 0 Å². The highest BCUT2D eigenvalue weighted by molar-refractivity contribution is 4.74. The van der Waals surface area contributed by atoms with Gasteiger partial charge < -0.3 is 9.47 Å². The molecule has 1 saturated heterocycles. The predicted molar refractivity (Wildman–Crippen MR) is 63.1 cm³/mol. The van der Waals surface area contributed by atoms with Gasteiger partial charge in [-0.05, 0) is 26.7 Å². The fourth-order valence-electron chi connectivity index (χ4n) is 2.09. The lowest BCUT2D eigenvalue weighted by molar-refractivity contribution is -0.0774. The van der Waals surface area contributed by atoms with Crippen molar-refractivity contribution in [2.24, 2.45) is 0 Å². The molecule has 0 saturated carbocycles. The van der Waals surface area contributed by atoms with E-state index in [0.717, 1.165) is 19.6 Å². The van der Waals surface area contributed by atoms with E-state index in [0.29, 0.717) is 6.10 Å². The number of ether oxygens (including phenoxy) is 2. The van der Waals surface area contributed by atoms with Gasteiger partial charge >= 0.3 is 0 Å². The largest absolute Gasteiger partial charge is 0.379 e. The first-order valence-corrected chi connectivity index (χ1v) is 6.39. The van der Waals surface area contributed by atoms with Crippen LogP contribution < -0.4 is 0 Å². The predicted octanol–water partition coefficient (Wildman–Crippen LogP) is 3.54. The van der Waals surface area contributed by atoms with Crippen LogP contribution in [0.4, 0.5) is 0 Å². The van der Waals surface area contributed by atoms with E-state index in [-0.39, 0.29) is 5.60 Å². The van der Waals surface area contributed by atoms with Crippen molar-refractivity contribution in [1.82, 2.24) is 0 Å². The van der Waals surface area contributed by atoms with E-state index in [2.05, 4.69) is 20.8 Å². The van der Waals surface area contributed by atoms with Gasteiger partial charge in [0, 0.05) is 6.61 Å². The molecule has 1 fully saturated rings. The van der Waals surface area contributed by atoms with Crippen molar-refractivity contribution in [2.45, 2.75) is 71.0 Å². The first-order chi connectivity index (χ1) is 7.14. The number of hydrogen-bond donors (Lipinski definition) is 0. The summed E-state index contributed by atoms with van der Waals surface area (Å²) in [6.07, 6.45) is 7.85. The molecule has 15 heavy (non-hydrogen) atoms. The normalized spacial score (nSPS) is 22.2. The van der Waals surface area contributed by atoms with Gasteiger partial charge in [-0.25, -0.2) is 0 Å². The summed E-state index contributed by atoms with van der Waals surface area (Å²) in [6, 6.07) is 0. The number of unbranched alkanes of at least 4 members (excludes halogenated alkanes) is 3. The zero-order chi connectivity index (χ0) is 11.1. The van der Waals surface area contributed by atoms with Gasteiger partial charge in [0.2, 0.25) is 0 Å². The third kappa shape index (κ3) is 5.53. The molecule has 1 heterocycles. The molecule has 0 spiro atoms. The smallest absolute Gasteiger partial charge is 0.0837 e. The van der Waals surface area contributed by atoms with Gasteiger partial charge in [0.05, 0.1) is 18.3 Å². The highest BCUT2D eigenvalue weighted by Gasteiger charge is 2.25. The zero-order valence-electron chi connectivity index (χ0n) is 10.6. The molecule has 1 atom stereocenters. The summed E-state index contributed by atoms with van der Waals surface area (Å²) >= 11 is 0. The fraction of sp³-hybridized carbons (Fsp3) is 1.00. The highest BCUT2D eigenvalue weighted by atomic mass is 16.6. The molecule has 0 aromatic carbocycles. The Bertz CT molecular complexity index is 160. The van der Waals surface area contributed by atoms with Crippen LogP contribution in [-0.2, 0) is 9.47 Å². The maximum atomic E-state index is 6.05. The molecule has 90 valence electrons. The van der Waals surface area contributed by atoms with Crippen molar-refractivity contribution >= 4 is 0 Å². The second kappa shape index (κ2) is 6.49. The Hall–Kier alpha value is -0.0800. The van der Waals surface area contributed by atoms with E-state index in [4.69, 9.17) is 9.47 Å². The average Bonchev–Trinajstić information content (AvgIpc) is 2.64. The lowest BCUT2D eigenvalue weighted by Gasteiger charge is -2.28. The van der Waals surface area contributed by atoms with Crippen molar-refractivity contribution in [3.05, 3.63) is 0 Å². The van der Waals surface area contributed by atoms with Crippen LogP contribution in [0, 0.1) is 0 Å². The van der Waals surface area contributed by atoms with Crippen LogP contribution in [0.15, 0.2) is 0 Å². The molecular weight excluding hydrogens is 188 g/mol. The minimum absolute atomic E-state index is 0.0338. The molecular formula is C13H26O2. The van der Waals surface area contributed by atoms with E-state index >= 15 is 0 Å². The second-order valence-corrected chi connectivity index (χ2v) is 5.17. The molecule has 0 radical (unpaired) electrons. The summed E-state index contributed by atoms with van der Waals surface area (Å²) in [5.74, 6) is 0. The lowest BCUT2D eigenvalue weighted by Crippen LogP contribution is -2.30. The summed E-state index contributed by atoms with van der Waals surface area (Å²) in [7, 11) is 0. The quantitative estimate of drug-likeness (QED) is 0.603. The molecule has 1 aliphatic rings. The average molecular weight is 214 g/mol. The summed E-state index contributed by atoms with van der Waals surface area (Å²) in [5, 5.41) is 0. The third-order valence-corrected chi connectivity index (χ3v) is 3.01. The van der Waals surface area contributed by atoms with E-state index in [9.17, 15) is 0 Å². The van der Waals surface area contributed by atoms with Gasteiger partial charge in [-0.15, -0.1) is 0 Å². The Kier molecular flexibility index (Phi) is 5.62. The van der Waals surface area contributed by atoms with Crippen LogP contribution in [0.2, 0.25) is 0 Å². The molecule has 2 nitrogen and oxygen atoms in total. The summed E-state index contributed by atoms with van der Waals surface area (Å²) in [4.78, 5) is 0. The van der Waals surface area contributed by atoms with Crippen molar-refractivity contribution in [3.8, 4) is 0 Å². The van der Waals surface area contributed by atoms with Crippen molar-refractivity contribution in [2.75, 3.05) is 13.2 Å². The Morgan fingerprint density at radius 3 is 2.67 bits per heavy atom. The first kappa shape index (κ1) is 13.0. The molecule has 0 bridgehead atoms. The van der Waals surface area contributed by atoms with Gasteiger partial charge in [0.1, 0.15) is 0 Å². The standard InChI is InChI=1S/C13H26O2/c1-4-5-6-7-9-13(2,3)15-12-8-10-14-11-12/h12H,4-11H2,1-3H3/t12-/m0/s1. The Morgan fingerprint density at radius 1 is 1.27 bits per heavy atom. The summed E-state index contributed by atoms with van der Waals surface area (Å²) in [5.41, 5.74) is 0.0338. The first-order valence-electron chi connectivity index (χ1n) is 6.39. The minimum Gasteiger partial charge on any atom is -0.379 e. The van der Waals surface area contributed by atoms with Gasteiger partial charge in [-0.1, -0.05) is 32.6 Å². The minimum atomic E-state index is 0.0338. The van der Waals surface area contributed by atoms with Gasteiger partial charge in [0.25, 0.3) is 0 Å². The van der Waals surface area contributed by atoms with Crippen molar-refractivity contribution in [3.63, 3.8) is 0 Å². The van der Waals surface area contributed by atoms with Crippen LogP contribution in [0.3, 0.4) is 0 Å². The van der Waals surface area contributed by atoms with Gasteiger partial charge in [0.15, 0.2) is 0 Å². The molecule has 0 N–H and O–H groups in total. The summed E-state index contributed by atoms with van der Waals surface area (Å²) < 4.78 is 11.4. The van der Waals surface area contributed by atoms with Crippen LogP contribution in [0.5, 0.6) is 0 Å². The van der Waals surface area contributed by atoms with Crippen LogP contribution in [-0.4, -0.2) is 24.9 Å². The topological polar surface area (TPSA) is 18.5 Å². The highest BCUT2D eigenvalue weighted by Crippen LogP contribution is 2.23. The molecule has 0 amide bonds. The third-order valence-electron chi connectivity index (χ3n) is 3.01. The lowest BCUT2D eigenvalue weighted by atomic mass is 9.99. The van der Waals surface area contributed by atoms with E-state index in [1.54, 1.807) is 0 Å². The Labute approximate surface area is 94.3 Å². The SMILES string of the molecule is CCCCCCC(C)(C)O[C@H]1CCOC1. The number of rotatable bonds is 7. The van der Waals surface area contributed by atoms with E-state index in [1.807, 2.05) is 0 Å². The number of hydrogen-bond acceptors (Lipinski definition) is 2. The Morgan fingerprint density at radius 2 is 2.07 bits per heavy atom. The van der Waals surface area contributed by atoms with Crippen LogP contribution in [0.25, 0.3) is 0 Å². The maximum absolute atomic E-state index is 6.05.